The summed E-state index contributed by atoms with van der Waals surface area (Å²) in [6, 6.07) is 0.305. The molecule has 2 saturated heterocycles. The Balaban J connectivity index is 1.82. The summed E-state index contributed by atoms with van der Waals surface area (Å²) in [5.41, 5.74) is 0.633. The Hall–Kier alpha value is -0.880. The molecule has 3 atom stereocenters. The van der Waals surface area contributed by atoms with E-state index in [-0.39, 0.29) is 11.7 Å². The quantitative estimate of drug-likeness (QED) is 0.894. The van der Waals surface area contributed by atoms with Gasteiger partial charge in [-0.2, -0.15) is 5.10 Å². The molecule has 2 fully saturated rings. The van der Waals surface area contributed by atoms with Crippen LogP contribution in [0.5, 0.6) is 0 Å². The summed E-state index contributed by atoms with van der Waals surface area (Å²) >= 11 is 3.31. The second-order valence-corrected chi connectivity index (χ2v) is 5.45. The lowest BCUT2D eigenvalue weighted by Gasteiger charge is -2.21. The summed E-state index contributed by atoms with van der Waals surface area (Å²) in [6.07, 6.45) is 5.66. The SMILES string of the molecule is Cn1ncc(N[C@@H]2C[C@H]3CC[C@H]2O3)c(Br)c1=O. The van der Waals surface area contributed by atoms with Crippen molar-refractivity contribution in [3.8, 4) is 0 Å². The Morgan fingerprint density at radius 3 is 3.06 bits per heavy atom. The Kier molecular flexibility index (Phi) is 2.71. The molecule has 0 spiro atoms. The van der Waals surface area contributed by atoms with Gasteiger partial charge in [0, 0.05) is 7.05 Å². The zero-order valence-corrected chi connectivity index (χ0v) is 11.1. The molecule has 1 aromatic heterocycles. The van der Waals surface area contributed by atoms with Crippen molar-refractivity contribution in [3.05, 3.63) is 21.0 Å². The van der Waals surface area contributed by atoms with Crippen LogP contribution in [0.2, 0.25) is 0 Å². The van der Waals surface area contributed by atoms with Crippen molar-refractivity contribution in [2.45, 2.75) is 37.5 Å². The number of fused-ring (bicyclic) bond motifs is 2. The molecule has 3 heterocycles. The highest BCUT2D eigenvalue weighted by atomic mass is 79.9. The first-order chi connectivity index (χ1) is 8.15. The molecule has 17 heavy (non-hydrogen) atoms. The summed E-state index contributed by atoms with van der Waals surface area (Å²) in [5, 5.41) is 7.38. The number of hydrogen-bond donors (Lipinski definition) is 1. The van der Waals surface area contributed by atoms with Gasteiger partial charge in [0.1, 0.15) is 4.47 Å². The van der Waals surface area contributed by atoms with E-state index in [9.17, 15) is 4.79 Å². The fraction of sp³-hybridized carbons (Fsp3) is 0.636. The number of halogens is 1. The lowest BCUT2D eigenvalue weighted by atomic mass is 9.95. The van der Waals surface area contributed by atoms with Crippen molar-refractivity contribution in [1.82, 2.24) is 9.78 Å². The van der Waals surface area contributed by atoms with Crippen LogP contribution in [-0.2, 0) is 11.8 Å². The predicted octanol–water partition coefficient (Wildman–Crippen LogP) is 1.27. The minimum Gasteiger partial charge on any atom is -0.377 e. The third-order valence-electron chi connectivity index (χ3n) is 3.53. The maximum absolute atomic E-state index is 11.7. The number of aryl methyl sites for hydroxylation is 1. The second kappa shape index (κ2) is 4.10. The summed E-state index contributed by atoms with van der Waals surface area (Å²) in [4.78, 5) is 11.7. The van der Waals surface area contributed by atoms with Crippen LogP contribution in [0.25, 0.3) is 0 Å². The van der Waals surface area contributed by atoms with Gasteiger partial charge in [-0.25, -0.2) is 4.68 Å². The first-order valence-electron chi connectivity index (χ1n) is 5.79. The van der Waals surface area contributed by atoms with E-state index in [0.717, 1.165) is 18.5 Å². The van der Waals surface area contributed by atoms with Crippen LogP contribution >= 0.6 is 15.9 Å². The molecule has 2 aliphatic rings. The number of nitrogens with one attached hydrogen (secondary N) is 1. The van der Waals surface area contributed by atoms with Crippen molar-refractivity contribution < 1.29 is 4.74 Å². The van der Waals surface area contributed by atoms with Crippen LogP contribution in [0, 0.1) is 0 Å². The van der Waals surface area contributed by atoms with Gasteiger partial charge < -0.3 is 10.1 Å². The van der Waals surface area contributed by atoms with Gasteiger partial charge in [0.15, 0.2) is 0 Å². The first-order valence-corrected chi connectivity index (χ1v) is 6.58. The molecule has 0 radical (unpaired) electrons. The molecule has 0 unspecified atom stereocenters. The van der Waals surface area contributed by atoms with Gasteiger partial charge in [-0.3, -0.25) is 4.79 Å². The van der Waals surface area contributed by atoms with Crippen LogP contribution < -0.4 is 10.9 Å². The molecule has 0 saturated carbocycles. The Morgan fingerprint density at radius 1 is 1.59 bits per heavy atom. The summed E-state index contributed by atoms with van der Waals surface area (Å²) in [7, 11) is 1.64. The van der Waals surface area contributed by atoms with Gasteiger partial charge in [-0.1, -0.05) is 0 Å². The van der Waals surface area contributed by atoms with E-state index in [2.05, 4.69) is 26.3 Å². The topological polar surface area (TPSA) is 56.1 Å². The average molecular weight is 300 g/mol. The van der Waals surface area contributed by atoms with Crippen LogP contribution in [0.15, 0.2) is 15.5 Å². The number of rotatable bonds is 2. The zero-order chi connectivity index (χ0) is 12.0. The van der Waals surface area contributed by atoms with Gasteiger partial charge >= 0.3 is 0 Å². The second-order valence-electron chi connectivity index (χ2n) is 4.66. The van der Waals surface area contributed by atoms with E-state index in [4.69, 9.17) is 4.74 Å². The normalized spacial score (nSPS) is 30.8. The standard InChI is InChI=1S/C11H14BrN3O2/c1-15-11(16)10(12)8(5-13-15)14-7-4-6-2-3-9(7)17-6/h5-7,9,14H,2-4H2,1H3/t6-,7-,9-/m1/s1. The largest absolute Gasteiger partial charge is 0.377 e. The van der Waals surface area contributed by atoms with E-state index in [1.54, 1.807) is 13.2 Å². The third-order valence-corrected chi connectivity index (χ3v) is 4.29. The first kappa shape index (κ1) is 11.2. The molecule has 1 aromatic rings. The monoisotopic (exact) mass is 299 g/mol. The van der Waals surface area contributed by atoms with E-state index < -0.39 is 0 Å². The average Bonchev–Trinajstić information content (AvgIpc) is 2.92. The van der Waals surface area contributed by atoms with Crippen molar-refractivity contribution in [1.29, 1.82) is 0 Å². The van der Waals surface area contributed by atoms with Crippen molar-refractivity contribution in [2.24, 2.45) is 7.05 Å². The van der Waals surface area contributed by atoms with Crippen LogP contribution in [-0.4, -0.2) is 28.0 Å². The van der Waals surface area contributed by atoms with E-state index >= 15 is 0 Å². The molecule has 92 valence electrons. The predicted molar refractivity (Wildman–Crippen MR) is 67.1 cm³/mol. The van der Waals surface area contributed by atoms with Crippen LogP contribution in [0.3, 0.4) is 0 Å². The molecule has 2 aliphatic heterocycles. The summed E-state index contributed by atoms with van der Waals surface area (Å²) in [6.45, 7) is 0. The zero-order valence-electron chi connectivity index (χ0n) is 9.52. The van der Waals surface area contributed by atoms with E-state index in [0.29, 0.717) is 16.6 Å². The molecule has 6 heteroatoms. The number of hydrogen-bond acceptors (Lipinski definition) is 4. The molecular weight excluding hydrogens is 286 g/mol. The number of ether oxygens (including phenoxy) is 1. The number of anilines is 1. The maximum Gasteiger partial charge on any atom is 0.282 e. The van der Waals surface area contributed by atoms with E-state index in [1.807, 2.05) is 0 Å². The van der Waals surface area contributed by atoms with Crippen molar-refractivity contribution in [2.75, 3.05) is 5.32 Å². The van der Waals surface area contributed by atoms with Gasteiger partial charge in [-0.05, 0) is 35.2 Å². The fourth-order valence-electron chi connectivity index (χ4n) is 2.60. The van der Waals surface area contributed by atoms with Gasteiger partial charge in [0.2, 0.25) is 0 Å². The molecule has 2 bridgehead atoms. The van der Waals surface area contributed by atoms with Crippen molar-refractivity contribution >= 4 is 21.6 Å². The molecule has 0 amide bonds. The lowest BCUT2D eigenvalue weighted by molar-refractivity contribution is 0.102. The smallest absolute Gasteiger partial charge is 0.282 e. The number of aromatic nitrogens is 2. The van der Waals surface area contributed by atoms with Crippen molar-refractivity contribution in [3.63, 3.8) is 0 Å². The molecule has 0 aromatic carbocycles. The summed E-state index contributed by atoms with van der Waals surface area (Å²) < 4.78 is 7.62. The Labute approximate surface area is 107 Å². The Bertz CT molecular complexity index is 502. The lowest BCUT2D eigenvalue weighted by Crippen LogP contribution is -2.32. The van der Waals surface area contributed by atoms with Crippen LogP contribution in [0.4, 0.5) is 5.69 Å². The molecule has 5 nitrogen and oxygen atoms in total. The fourth-order valence-corrected chi connectivity index (χ4v) is 3.07. The maximum atomic E-state index is 11.7. The summed E-state index contributed by atoms with van der Waals surface area (Å²) in [5.74, 6) is 0. The van der Waals surface area contributed by atoms with Gasteiger partial charge in [0.05, 0.1) is 30.1 Å². The minimum atomic E-state index is -0.126. The number of nitrogens with zero attached hydrogens (tertiary/aromatic N) is 2. The van der Waals surface area contributed by atoms with Crippen LogP contribution in [0.1, 0.15) is 19.3 Å². The minimum absolute atomic E-state index is 0.126. The van der Waals surface area contributed by atoms with E-state index in [1.165, 1.54) is 11.1 Å². The third kappa shape index (κ3) is 1.89. The highest BCUT2D eigenvalue weighted by Gasteiger charge is 2.40. The Morgan fingerprint density at radius 2 is 2.41 bits per heavy atom. The molecular formula is C11H14BrN3O2. The molecule has 1 N–H and O–H groups in total. The van der Waals surface area contributed by atoms with Gasteiger partial charge in [0.25, 0.3) is 5.56 Å². The molecule has 0 aliphatic carbocycles. The highest BCUT2D eigenvalue weighted by molar-refractivity contribution is 9.10. The van der Waals surface area contributed by atoms with Gasteiger partial charge in [-0.15, -0.1) is 0 Å². The highest BCUT2D eigenvalue weighted by Crippen LogP contribution is 2.36. The molecule has 3 rings (SSSR count).